The molecular formula is C29H27F3N4O6S2. The van der Waals surface area contributed by atoms with Gasteiger partial charge in [-0.1, -0.05) is 36.4 Å². The highest BCUT2D eigenvalue weighted by Crippen LogP contribution is 2.37. The highest BCUT2D eigenvalue weighted by Gasteiger charge is 2.39. The van der Waals surface area contributed by atoms with Crippen molar-refractivity contribution in [1.82, 2.24) is 10.2 Å². The molecule has 0 spiro atoms. The number of carbonyl (C=O) groups excluding carboxylic acids is 1. The lowest BCUT2D eigenvalue weighted by Crippen LogP contribution is -2.45. The fraction of sp³-hybridized carbons (Fsp3) is 0.276. The summed E-state index contributed by atoms with van der Waals surface area (Å²) in [4.78, 5) is 14.5. The molecule has 0 unspecified atom stereocenters. The van der Waals surface area contributed by atoms with Crippen LogP contribution in [0.2, 0.25) is 0 Å². The van der Waals surface area contributed by atoms with Crippen molar-refractivity contribution >= 4 is 31.3 Å². The Morgan fingerprint density at radius 1 is 0.955 bits per heavy atom. The van der Waals surface area contributed by atoms with Crippen molar-refractivity contribution in [3.63, 3.8) is 0 Å². The van der Waals surface area contributed by atoms with Crippen molar-refractivity contribution in [2.75, 3.05) is 16.9 Å². The third-order valence-electron chi connectivity index (χ3n) is 7.52. The van der Waals surface area contributed by atoms with Crippen LogP contribution in [0.4, 0.5) is 18.9 Å². The van der Waals surface area contributed by atoms with Gasteiger partial charge in [-0.25, -0.2) is 16.8 Å². The zero-order valence-electron chi connectivity index (χ0n) is 23.7. The Balaban J connectivity index is 1.51. The molecule has 0 radical (unpaired) electrons. The molecule has 0 saturated carbocycles. The Bertz CT molecular complexity index is 1960. The summed E-state index contributed by atoms with van der Waals surface area (Å²) in [5, 5.41) is 7.84. The maximum atomic E-state index is 13.4. The first-order valence-corrected chi connectivity index (χ1v) is 16.7. The number of aromatic nitrogens is 2. The summed E-state index contributed by atoms with van der Waals surface area (Å²) >= 11 is 0. The second-order valence-corrected chi connectivity index (χ2v) is 15.5. The standard InChI is InChI=1S/C29H27F3N4O6S2/c1-28(2,43(3,38)39)27-35-34-25(42-27)20-10-13-24-23(14-20)36(26(37)22(33)16-44(24,40)41)15-17-4-6-18(7-5-17)19-8-11-21(12-9-19)29(30,31)32/h4-14,22H,15-16,33H2,1-3H3/t22-/m0/s1. The van der Waals surface area contributed by atoms with E-state index in [0.29, 0.717) is 16.7 Å². The summed E-state index contributed by atoms with van der Waals surface area (Å²) in [5.41, 5.74) is 7.29. The van der Waals surface area contributed by atoms with Gasteiger partial charge in [0.15, 0.2) is 19.7 Å². The number of hydrogen-bond acceptors (Lipinski definition) is 9. The predicted octanol–water partition coefficient (Wildman–Crippen LogP) is 4.35. The summed E-state index contributed by atoms with van der Waals surface area (Å²) in [6.07, 6.45) is -3.42. The van der Waals surface area contributed by atoms with Crippen molar-refractivity contribution in [3.8, 4) is 22.6 Å². The summed E-state index contributed by atoms with van der Waals surface area (Å²) < 4.78 is 93.9. The fourth-order valence-electron chi connectivity index (χ4n) is 4.58. The van der Waals surface area contributed by atoms with Crippen LogP contribution in [-0.4, -0.2) is 51.0 Å². The van der Waals surface area contributed by atoms with Gasteiger partial charge in [0.1, 0.15) is 4.75 Å². The molecule has 1 atom stereocenters. The third-order valence-corrected chi connectivity index (χ3v) is 11.4. The Hall–Kier alpha value is -4.08. The Morgan fingerprint density at radius 3 is 2.09 bits per heavy atom. The van der Waals surface area contributed by atoms with Gasteiger partial charge in [-0.3, -0.25) is 4.79 Å². The number of rotatable bonds is 6. The van der Waals surface area contributed by atoms with Crippen molar-refractivity contribution in [2.45, 2.75) is 42.3 Å². The smallest absolute Gasteiger partial charge is 0.416 e. The SMILES string of the molecule is CC(C)(c1nnc(-c2ccc3c(c2)N(Cc2ccc(-c4ccc(C(F)(F)F)cc4)cc2)C(=O)[C@@H](N)CS3(=O)=O)o1)S(C)(=O)=O. The lowest BCUT2D eigenvalue weighted by Gasteiger charge is -2.24. The van der Waals surface area contributed by atoms with E-state index in [-0.39, 0.29) is 34.5 Å². The molecule has 5 rings (SSSR count). The monoisotopic (exact) mass is 648 g/mol. The molecule has 0 fully saturated rings. The molecule has 15 heteroatoms. The second kappa shape index (κ2) is 10.8. The number of nitrogens with two attached hydrogens (primary N) is 1. The average molecular weight is 649 g/mol. The number of benzene rings is 3. The van der Waals surface area contributed by atoms with E-state index in [9.17, 15) is 34.8 Å². The van der Waals surface area contributed by atoms with E-state index in [4.69, 9.17) is 10.2 Å². The van der Waals surface area contributed by atoms with Crippen molar-refractivity contribution in [2.24, 2.45) is 5.73 Å². The third kappa shape index (κ3) is 5.86. The first-order valence-electron chi connectivity index (χ1n) is 13.1. The highest BCUT2D eigenvalue weighted by molar-refractivity contribution is 7.92. The second-order valence-electron chi connectivity index (χ2n) is 11.0. The molecule has 44 heavy (non-hydrogen) atoms. The number of carbonyl (C=O) groups is 1. The van der Waals surface area contributed by atoms with Gasteiger partial charge in [0.25, 0.3) is 0 Å². The molecule has 0 saturated heterocycles. The molecule has 1 aliphatic rings. The van der Waals surface area contributed by atoms with Crippen LogP contribution >= 0.6 is 0 Å². The first kappa shape index (κ1) is 31.3. The number of hydrogen-bond donors (Lipinski definition) is 1. The minimum absolute atomic E-state index is 0.0226. The topological polar surface area (TPSA) is 154 Å². The maximum Gasteiger partial charge on any atom is 0.416 e. The van der Waals surface area contributed by atoms with E-state index in [1.54, 1.807) is 24.3 Å². The molecule has 4 aromatic rings. The van der Waals surface area contributed by atoms with Gasteiger partial charge in [-0.2, -0.15) is 13.2 Å². The van der Waals surface area contributed by atoms with Crippen LogP contribution in [0.15, 0.2) is 76.0 Å². The van der Waals surface area contributed by atoms with Crippen molar-refractivity contribution < 1.29 is 39.2 Å². The van der Waals surface area contributed by atoms with Gasteiger partial charge < -0.3 is 15.1 Å². The normalized spacial score (nSPS) is 17.3. The molecule has 1 amide bonds. The van der Waals surface area contributed by atoms with Crippen LogP contribution in [0.3, 0.4) is 0 Å². The molecule has 1 aliphatic heterocycles. The molecule has 3 aromatic carbocycles. The lowest BCUT2D eigenvalue weighted by atomic mass is 10.0. The van der Waals surface area contributed by atoms with E-state index >= 15 is 0 Å². The first-order chi connectivity index (χ1) is 20.4. The quantitative estimate of drug-likeness (QED) is 0.322. The van der Waals surface area contributed by atoms with Gasteiger partial charge in [0, 0.05) is 11.8 Å². The van der Waals surface area contributed by atoms with Crippen LogP contribution in [-0.2, 0) is 41.9 Å². The minimum Gasteiger partial charge on any atom is -0.419 e. The summed E-state index contributed by atoms with van der Waals surface area (Å²) in [7, 11) is -7.62. The molecular weight excluding hydrogens is 621 g/mol. The zero-order chi connectivity index (χ0) is 32.2. The molecule has 232 valence electrons. The van der Waals surface area contributed by atoms with Crippen LogP contribution in [0.1, 0.15) is 30.9 Å². The number of anilines is 1. The minimum atomic E-state index is -4.45. The Kier molecular flexibility index (Phi) is 7.71. The van der Waals surface area contributed by atoms with Crippen molar-refractivity contribution in [1.29, 1.82) is 0 Å². The molecule has 2 heterocycles. The molecule has 1 aromatic heterocycles. The van der Waals surface area contributed by atoms with Crippen LogP contribution in [0.5, 0.6) is 0 Å². The maximum absolute atomic E-state index is 13.4. The lowest BCUT2D eigenvalue weighted by molar-refractivity contribution is -0.137. The number of fused-ring (bicyclic) bond motifs is 1. The molecule has 10 nitrogen and oxygen atoms in total. The molecule has 2 N–H and O–H groups in total. The van der Waals surface area contributed by atoms with Crippen molar-refractivity contribution in [3.05, 3.63) is 83.7 Å². The van der Waals surface area contributed by atoms with E-state index in [2.05, 4.69) is 10.2 Å². The van der Waals surface area contributed by atoms with E-state index in [1.165, 1.54) is 49.1 Å². The van der Waals surface area contributed by atoms with Gasteiger partial charge >= 0.3 is 6.18 Å². The molecule has 0 bridgehead atoms. The number of halogens is 3. The average Bonchev–Trinajstić information content (AvgIpc) is 3.44. The summed E-state index contributed by atoms with van der Waals surface area (Å²) in [6, 6.07) is 14.2. The Morgan fingerprint density at radius 2 is 1.52 bits per heavy atom. The highest BCUT2D eigenvalue weighted by atomic mass is 32.2. The van der Waals surface area contributed by atoms with Gasteiger partial charge in [-0.05, 0) is 60.9 Å². The summed E-state index contributed by atoms with van der Waals surface area (Å²) in [5.74, 6) is -1.52. The number of nitrogens with zero attached hydrogens (tertiary/aromatic N) is 3. The zero-order valence-corrected chi connectivity index (χ0v) is 25.3. The van der Waals surface area contributed by atoms with Crippen LogP contribution in [0, 0.1) is 0 Å². The molecule has 0 aliphatic carbocycles. The van der Waals surface area contributed by atoms with Gasteiger partial charge in [0.05, 0.1) is 34.5 Å². The van der Waals surface area contributed by atoms with E-state index < -0.39 is 53.9 Å². The van der Waals surface area contributed by atoms with Crippen LogP contribution < -0.4 is 10.6 Å². The Labute approximate surface area is 251 Å². The van der Waals surface area contributed by atoms with Crippen LogP contribution in [0.25, 0.3) is 22.6 Å². The number of alkyl halides is 3. The largest absolute Gasteiger partial charge is 0.419 e. The number of sulfone groups is 2. The summed E-state index contributed by atoms with van der Waals surface area (Å²) in [6.45, 7) is 2.74. The van der Waals surface area contributed by atoms with Gasteiger partial charge in [0.2, 0.25) is 17.7 Å². The van der Waals surface area contributed by atoms with E-state index in [1.807, 2.05) is 0 Å². The van der Waals surface area contributed by atoms with Gasteiger partial charge in [-0.15, -0.1) is 10.2 Å². The fourth-order valence-corrected chi connectivity index (χ4v) is 6.54. The number of amides is 1. The van der Waals surface area contributed by atoms with E-state index in [0.717, 1.165) is 18.4 Å². The predicted molar refractivity (Wildman–Crippen MR) is 156 cm³/mol.